The molecule has 1 aliphatic rings. The molecule has 0 bridgehead atoms. The summed E-state index contributed by atoms with van der Waals surface area (Å²) >= 11 is 0. The first-order valence-corrected chi connectivity index (χ1v) is 10.7. The molecular formula is C25H29N5O. The van der Waals surface area contributed by atoms with Gasteiger partial charge < -0.3 is 10.2 Å². The van der Waals surface area contributed by atoms with E-state index < -0.39 is 5.41 Å². The summed E-state index contributed by atoms with van der Waals surface area (Å²) < 4.78 is 0. The number of carbonyl (C=O) groups is 1. The first-order valence-electron chi connectivity index (χ1n) is 10.7. The van der Waals surface area contributed by atoms with Crippen LogP contribution >= 0.6 is 0 Å². The summed E-state index contributed by atoms with van der Waals surface area (Å²) in [6, 6.07) is 12.1. The summed E-state index contributed by atoms with van der Waals surface area (Å²) in [7, 11) is 0. The number of amides is 1. The largest absolute Gasteiger partial charge is 0.333 e. The van der Waals surface area contributed by atoms with E-state index in [4.69, 9.17) is 4.98 Å². The number of anilines is 2. The molecule has 0 aliphatic carbocycles. The first kappa shape index (κ1) is 21.0. The minimum absolute atomic E-state index is 0.0729. The van der Waals surface area contributed by atoms with Crippen molar-refractivity contribution in [3.8, 4) is 0 Å². The van der Waals surface area contributed by atoms with Gasteiger partial charge >= 0.3 is 0 Å². The Kier molecular flexibility index (Phi) is 5.72. The Morgan fingerprint density at radius 1 is 1.13 bits per heavy atom. The lowest BCUT2D eigenvalue weighted by Crippen LogP contribution is -2.43. The Hall–Kier alpha value is -3.28. The van der Waals surface area contributed by atoms with Gasteiger partial charge in [-0.2, -0.15) is 0 Å². The molecule has 0 saturated carbocycles. The maximum atomic E-state index is 13.6. The summed E-state index contributed by atoms with van der Waals surface area (Å²) in [5.41, 5.74) is 3.45. The van der Waals surface area contributed by atoms with Crippen LogP contribution in [0, 0.1) is 13.8 Å². The van der Waals surface area contributed by atoms with Crippen LogP contribution in [-0.2, 0) is 10.2 Å². The van der Waals surface area contributed by atoms with Gasteiger partial charge in [0.2, 0.25) is 5.91 Å². The lowest BCUT2D eigenvalue weighted by Gasteiger charge is -2.33. The molecule has 3 heterocycles. The van der Waals surface area contributed by atoms with Crippen molar-refractivity contribution in [3.05, 3.63) is 77.4 Å². The second kappa shape index (κ2) is 8.46. The highest BCUT2D eigenvalue weighted by atomic mass is 16.2. The van der Waals surface area contributed by atoms with Crippen molar-refractivity contribution in [2.45, 2.75) is 52.0 Å². The number of carbonyl (C=O) groups excluding carboxylic acids is 1. The van der Waals surface area contributed by atoms with Crippen LogP contribution in [0.25, 0.3) is 0 Å². The highest BCUT2D eigenvalue weighted by Gasteiger charge is 2.40. The molecule has 1 N–H and O–H groups in total. The zero-order valence-electron chi connectivity index (χ0n) is 18.6. The standard InChI is InChI=1S/C25H29N5O/c1-17-9-11-19(12-10-17)25(3,4)24(31)30-14-6-8-21(30)20-15-26-16-22(28-20)29-23-18(2)7-5-13-27-23/h5,7,9-13,15-16,21H,6,8,14H2,1-4H3,(H,27,28,29)/t21-/m1/s1. The fraction of sp³-hybridized carbons (Fsp3) is 0.360. The molecule has 2 aromatic heterocycles. The number of nitrogens with one attached hydrogen (secondary N) is 1. The number of hydrogen-bond donors (Lipinski definition) is 1. The number of nitrogens with zero attached hydrogens (tertiary/aromatic N) is 4. The smallest absolute Gasteiger partial charge is 0.233 e. The summed E-state index contributed by atoms with van der Waals surface area (Å²) in [5.74, 6) is 1.52. The van der Waals surface area contributed by atoms with Gasteiger partial charge in [0.05, 0.1) is 29.5 Å². The molecular weight excluding hydrogens is 386 g/mol. The third-order valence-electron chi connectivity index (χ3n) is 6.07. The molecule has 6 heteroatoms. The zero-order valence-corrected chi connectivity index (χ0v) is 18.6. The quantitative estimate of drug-likeness (QED) is 0.643. The van der Waals surface area contributed by atoms with Crippen molar-refractivity contribution in [3.63, 3.8) is 0 Å². The van der Waals surface area contributed by atoms with Gasteiger partial charge in [0, 0.05) is 12.7 Å². The Balaban J connectivity index is 1.57. The van der Waals surface area contributed by atoms with E-state index in [0.717, 1.165) is 42.0 Å². The lowest BCUT2D eigenvalue weighted by atomic mass is 9.82. The SMILES string of the molecule is Cc1ccc(C(C)(C)C(=O)N2CCC[C@@H]2c2cncc(Nc3ncccc3C)n2)cc1. The molecule has 3 aromatic rings. The predicted octanol–water partition coefficient (Wildman–Crippen LogP) is 4.87. The van der Waals surface area contributed by atoms with E-state index in [1.807, 2.05) is 37.8 Å². The maximum absolute atomic E-state index is 13.6. The van der Waals surface area contributed by atoms with E-state index in [2.05, 4.69) is 46.5 Å². The molecule has 0 radical (unpaired) electrons. The van der Waals surface area contributed by atoms with Gasteiger partial charge in [-0.1, -0.05) is 35.9 Å². The molecule has 1 atom stereocenters. The van der Waals surface area contributed by atoms with Crippen LogP contribution in [0.2, 0.25) is 0 Å². The normalized spacial score (nSPS) is 16.4. The van der Waals surface area contributed by atoms with Crippen molar-refractivity contribution in [1.29, 1.82) is 0 Å². The zero-order chi connectivity index (χ0) is 22.0. The third-order valence-corrected chi connectivity index (χ3v) is 6.07. The van der Waals surface area contributed by atoms with Crippen molar-refractivity contribution >= 4 is 17.5 Å². The van der Waals surface area contributed by atoms with Crippen LogP contribution in [0.1, 0.15) is 55.1 Å². The fourth-order valence-corrected chi connectivity index (χ4v) is 4.11. The first-order chi connectivity index (χ1) is 14.9. The second-order valence-corrected chi connectivity index (χ2v) is 8.77. The van der Waals surface area contributed by atoms with E-state index in [-0.39, 0.29) is 11.9 Å². The van der Waals surface area contributed by atoms with Gasteiger partial charge in [-0.05, 0) is 57.7 Å². The van der Waals surface area contributed by atoms with Crippen LogP contribution < -0.4 is 5.32 Å². The van der Waals surface area contributed by atoms with E-state index in [0.29, 0.717) is 5.82 Å². The minimum Gasteiger partial charge on any atom is -0.333 e. The van der Waals surface area contributed by atoms with E-state index in [1.54, 1.807) is 18.6 Å². The minimum atomic E-state index is -0.606. The molecule has 1 aromatic carbocycles. The van der Waals surface area contributed by atoms with Crippen LogP contribution in [0.3, 0.4) is 0 Å². The van der Waals surface area contributed by atoms with Crippen LogP contribution in [-0.4, -0.2) is 32.3 Å². The van der Waals surface area contributed by atoms with Gasteiger partial charge in [-0.3, -0.25) is 9.78 Å². The van der Waals surface area contributed by atoms with Crippen LogP contribution in [0.5, 0.6) is 0 Å². The monoisotopic (exact) mass is 415 g/mol. The molecule has 1 amide bonds. The number of likely N-dealkylation sites (tertiary alicyclic amines) is 1. The predicted molar refractivity (Wildman–Crippen MR) is 122 cm³/mol. The Morgan fingerprint density at radius 2 is 1.90 bits per heavy atom. The number of benzene rings is 1. The Labute approximate surface area is 183 Å². The molecule has 1 aliphatic heterocycles. The average Bonchev–Trinajstić information content (AvgIpc) is 3.25. The van der Waals surface area contributed by atoms with Crippen LogP contribution in [0.15, 0.2) is 55.0 Å². The molecule has 4 rings (SSSR count). The van der Waals surface area contributed by atoms with Crippen molar-refractivity contribution in [2.24, 2.45) is 0 Å². The third kappa shape index (κ3) is 4.29. The number of pyridine rings is 1. The molecule has 6 nitrogen and oxygen atoms in total. The molecule has 160 valence electrons. The average molecular weight is 416 g/mol. The van der Waals surface area contributed by atoms with Gasteiger partial charge in [0.25, 0.3) is 0 Å². The highest BCUT2D eigenvalue weighted by Crippen LogP contribution is 2.36. The van der Waals surface area contributed by atoms with E-state index in [9.17, 15) is 4.79 Å². The number of aryl methyl sites for hydroxylation is 2. The number of aromatic nitrogens is 3. The summed E-state index contributed by atoms with van der Waals surface area (Å²) in [6.45, 7) is 8.79. The number of rotatable bonds is 5. The van der Waals surface area contributed by atoms with Gasteiger partial charge in [-0.15, -0.1) is 0 Å². The maximum Gasteiger partial charge on any atom is 0.233 e. The summed E-state index contributed by atoms with van der Waals surface area (Å²) in [6.07, 6.45) is 7.05. The topological polar surface area (TPSA) is 71.0 Å². The lowest BCUT2D eigenvalue weighted by molar-refractivity contribution is -0.137. The molecule has 0 unspecified atom stereocenters. The Bertz CT molecular complexity index is 1080. The van der Waals surface area contributed by atoms with Gasteiger partial charge in [0.1, 0.15) is 11.6 Å². The van der Waals surface area contributed by atoms with Crippen LogP contribution in [0.4, 0.5) is 11.6 Å². The van der Waals surface area contributed by atoms with Gasteiger partial charge in [0.15, 0.2) is 0 Å². The van der Waals surface area contributed by atoms with Crippen molar-refractivity contribution in [1.82, 2.24) is 19.9 Å². The summed E-state index contributed by atoms with van der Waals surface area (Å²) in [4.78, 5) is 29.1. The Morgan fingerprint density at radius 3 is 2.65 bits per heavy atom. The fourth-order valence-electron chi connectivity index (χ4n) is 4.11. The molecule has 31 heavy (non-hydrogen) atoms. The number of hydrogen-bond acceptors (Lipinski definition) is 5. The summed E-state index contributed by atoms with van der Waals surface area (Å²) in [5, 5.41) is 3.25. The molecule has 0 spiro atoms. The molecule has 1 fully saturated rings. The van der Waals surface area contributed by atoms with E-state index >= 15 is 0 Å². The second-order valence-electron chi connectivity index (χ2n) is 8.77. The van der Waals surface area contributed by atoms with E-state index in [1.165, 1.54) is 5.56 Å². The van der Waals surface area contributed by atoms with Crippen molar-refractivity contribution in [2.75, 3.05) is 11.9 Å². The van der Waals surface area contributed by atoms with Gasteiger partial charge in [-0.25, -0.2) is 9.97 Å². The highest BCUT2D eigenvalue weighted by molar-refractivity contribution is 5.88. The van der Waals surface area contributed by atoms with Crippen molar-refractivity contribution < 1.29 is 4.79 Å². The molecule has 1 saturated heterocycles.